The standard InChI is InChI=1S/C18H22BrFN2O3/c1-18(2,3)25-17(24)22-9-11-7-21(8-12(11)10-22)16(23)14-5-4-13(19)6-15(14)20/h4-6,11-12H,7-10H2,1-3H3. The molecule has 5 nitrogen and oxygen atoms in total. The number of ether oxygens (including phenoxy) is 1. The lowest BCUT2D eigenvalue weighted by Crippen LogP contribution is -2.38. The summed E-state index contributed by atoms with van der Waals surface area (Å²) in [6, 6.07) is 4.47. The number of halogens is 2. The maximum Gasteiger partial charge on any atom is 0.410 e. The number of benzene rings is 1. The Bertz CT molecular complexity index is 690. The highest BCUT2D eigenvalue weighted by Gasteiger charge is 2.44. The molecule has 0 aromatic heterocycles. The quantitative estimate of drug-likeness (QED) is 0.708. The van der Waals surface area contributed by atoms with Gasteiger partial charge in [-0.05, 0) is 39.0 Å². The van der Waals surface area contributed by atoms with Gasteiger partial charge in [0.05, 0.1) is 5.56 Å². The molecule has 0 radical (unpaired) electrons. The summed E-state index contributed by atoms with van der Waals surface area (Å²) in [5.41, 5.74) is -0.428. The van der Waals surface area contributed by atoms with E-state index in [-0.39, 0.29) is 29.4 Å². The molecule has 7 heteroatoms. The van der Waals surface area contributed by atoms with E-state index in [0.717, 1.165) is 0 Å². The highest BCUT2D eigenvalue weighted by atomic mass is 79.9. The van der Waals surface area contributed by atoms with Gasteiger partial charge in [0, 0.05) is 42.5 Å². The molecule has 0 spiro atoms. The van der Waals surface area contributed by atoms with E-state index in [9.17, 15) is 14.0 Å². The summed E-state index contributed by atoms with van der Waals surface area (Å²) in [7, 11) is 0. The number of rotatable bonds is 1. The van der Waals surface area contributed by atoms with E-state index in [1.807, 2.05) is 20.8 Å². The van der Waals surface area contributed by atoms with Gasteiger partial charge >= 0.3 is 6.09 Å². The van der Waals surface area contributed by atoms with Crippen LogP contribution in [0.3, 0.4) is 0 Å². The molecule has 0 saturated carbocycles. The van der Waals surface area contributed by atoms with Gasteiger partial charge in [0.15, 0.2) is 0 Å². The van der Waals surface area contributed by atoms with Crippen LogP contribution in [-0.4, -0.2) is 53.6 Å². The zero-order valence-corrected chi connectivity index (χ0v) is 16.2. The second-order valence-electron chi connectivity index (χ2n) is 7.74. The molecule has 2 unspecified atom stereocenters. The van der Waals surface area contributed by atoms with Gasteiger partial charge < -0.3 is 14.5 Å². The molecule has 25 heavy (non-hydrogen) atoms. The van der Waals surface area contributed by atoms with Gasteiger partial charge in [-0.3, -0.25) is 4.79 Å². The average molecular weight is 413 g/mol. The first-order valence-corrected chi connectivity index (χ1v) is 9.15. The van der Waals surface area contributed by atoms with Crippen LogP contribution in [0.4, 0.5) is 9.18 Å². The Labute approximate surface area is 155 Å². The van der Waals surface area contributed by atoms with Crippen molar-refractivity contribution in [2.24, 2.45) is 11.8 Å². The van der Waals surface area contributed by atoms with E-state index in [2.05, 4.69) is 15.9 Å². The number of amides is 2. The van der Waals surface area contributed by atoms with Crippen molar-refractivity contribution in [2.45, 2.75) is 26.4 Å². The Balaban J connectivity index is 1.61. The summed E-state index contributed by atoms with van der Waals surface area (Å²) in [4.78, 5) is 28.2. The first-order chi connectivity index (χ1) is 11.6. The molecule has 2 amide bonds. The average Bonchev–Trinajstić information content (AvgIpc) is 3.03. The van der Waals surface area contributed by atoms with Crippen LogP contribution >= 0.6 is 15.9 Å². The summed E-state index contributed by atoms with van der Waals surface area (Å²) in [6.07, 6.45) is -0.307. The first kappa shape index (κ1) is 18.2. The lowest BCUT2D eigenvalue weighted by atomic mass is 10.0. The normalized spacial score (nSPS) is 22.9. The van der Waals surface area contributed by atoms with Crippen LogP contribution in [0.25, 0.3) is 0 Å². The zero-order chi connectivity index (χ0) is 18.4. The van der Waals surface area contributed by atoms with E-state index in [4.69, 9.17) is 4.74 Å². The van der Waals surface area contributed by atoms with E-state index < -0.39 is 11.4 Å². The summed E-state index contributed by atoms with van der Waals surface area (Å²) in [5, 5.41) is 0. The van der Waals surface area contributed by atoms with Gasteiger partial charge in [-0.1, -0.05) is 15.9 Å². The number of carbonyl (C=O) groups is 2. The number of hydrogen-bond donors (Lipinski definition) is 0. The number of hydrogen-bond acceptors (Lipinski definition) is 3. The highest BCUT2D eigenvalue weighted by Crippen LogP contribution is 2.33. The van der Waals surface area contributed by atoms with Gasteiger partial charge in [-0.25, -0.2) is 9.18 Å². The summed E-state index contributed by atoms with van der Waals surface area (Å²) >= 11 is 3.19. The van der Waals surface area contributed by atoms with Crippen molar-refractivity contribution in [2.75, 3.05) is 26.2 Å². The highest BCUT2D eigenvalue weighted by molar-refractivity contribution is 9.10. The molecule has 136 valence electrons. The maximum absolute atomic E-state index is 14.0. The second-order valence-corrected chi connectivity index (χ2v) is 8.66. The van der Waals surface area contributed by atoms with Crippen LogP contribution in [0.2, 0.25) is 0 Å². The molecule has 1 aromatic carbocycles. The van der Waals surface area contributed by atoms with Gasteiger partial charge in [0.2, 0.25) is 0 Å². The minimum atomic E-state index is -0.521. The van der Waals surface area contributed by atoms with E-state index in [0.29, 0.717) is 30.7 Å². The van der Waals surface area contributed by atoms with Gasteiger partial charge in [0.1, 0.15) is 11.4 Å². The molecule has 1 aromatic rings. The first-order valence-electron chi connectivity index (χ1n) is 8.36. The van der Waals surface area contributed by atoms with Crippen LogP contribution in [0, 0.1) is 17.7 Å². The largest absolute Gasteiger partial charge is 0.444 e. The fourth-order valence-corrected chi connectivity index (χ4v) is 3.80. The van der Waals surface area contributed by atoms with Gasteiger partial charge in [-0.2, -0.15) is 0 Å². The lowest BCUT2D eigenvalue weighted by molar-refractivity contribution is 0.0275. The Hall–Kier alpha value is -1.63. The molecular formula is C18H22BrFN2O3. The monoisotopic (exact) mass is 412 g/mol. The summed E-state index contributed by atoms with van der Waals surface area (Å²) < 4.78 is 20.0. The predicted octanol–water partition coefficient (Wildman–Crippen LogP) is 3.53. The predicted molar refractivity (Wildman–Crippen MR) is 94.8 cm³/mol. The van der Waals surface area contributed by atoms with E-state index in [1.165, 1.54) is 12.1 Å². The van der Waals surface area contributed by atoms with Crippen molar-refractivity contribution in [1.29, 1.82) is 0 Å². The van der Waals surface area contributed by atoms with Crippen LogP contribution in [0.1, 0.15) is 31.1 Å². The maximum atomic E-state index is 14.0. The summed E-state index contributed by atoms with van der Waals surface area (Å²) in [5.74, 6) is -0.375. The zero-order valence-electron chi connectivity index (χ0n) is 14.6. The Morgan fingerprint density at radius 2 is 1.68 bits per heavy atom. The van der Waals surface area contributed by atoms with Crippen molar-refractivity contribution in [3.63, 3.8) is 0 Å². The number of fused-ring (bicyclic) bond motifs is 1. The topological polar surface area (TPSA) is 49.9 Å². The smallest absolute Gasteiger partial charge is 0.410 e. The van der Waals surface area contributed by atoms with Crippen LogP contribution in [-0.2, 0) is 4.74 Å². The molecule has 3 rings (SSSR count). The third-order valence-corrected chi connectivity index (χ3v) is 5.08. The lowest BCUT2D eigenvalue weighted by Gasteiger charge is -2.26. The van der Waals surface area contributed by atoms with Crippen molar-refractivity contribution in [1.82, 2.24) is 9.80 Å². The minimum absolute atomic E-state index is 0.0900. The number of likely N-dealkylation sites (tertiary alicyclic amines) is 2. The summed E-state index contributed by atoms with van der Waals surface area (Å²) in [6.45, 7) is 7.76. The third kappa shape index (κ3) is 3.97. The fraction of sp³-hybridized carbons (Fsp3) is 0.556. The Morgan fingerprint density at radius 1 is 1.12 bits per heavy atom. The molecule has 2 atom stereocenters. The van der Waals surface area contributed by atoms with Crippen LogP contribution in [0.5, 0.6) is 0 Å². The molecule has 2 fully saturated rings. The van der Waals surface area contributed by atoms with Gasteiger partial charge in [0.25, 0.3) is 5.91 Å². The minimum Gasteiger partial charge on any atom is -0.444 e. The van der Waals surface area contributed by atoms with Crippen molar-refractivity contribution in [3.8, 4) is 0 Å². The molecule has 2 aliphatic rings. The number of nitrogens with zero attached hydrogens (tertiary/aromatic N) is 2. The fourth-order valence-electron chi connectivity index (χ4n) is 3.47. The molecule has 2 aliphatic heterocycles. The van der Waals surface area contributed by atoms with E-state index >= 15 is 0 Å². The Kier molecular flexibility index (Phi) is 4.79. The molecular weight excluding hydrogens is 391 g/mol. The van der Waals surface area contributed by atoms with Crippen molar-refractivity contribution >= 4 is 27.9 Å². The second kappa shape index (κ2) is 6.59. The SMILES string of the molecule is CC(C)(C)OC(=O)N1CC2CN(C(=O)c3ccc(Br)cc3F)CC2C1. The molecule has 2 saturated heterocycles. The Morgan fingerprint density at radius 3 is 2.20 bits per heavy atom. The van der Waals surface area contributed by atoms with Crippen molar-refractivity contribution in [3.05, 3.63) is 34.1 Å². The van der Waals surface area contributed by atoms with Gasteiger partial charge in [-0.15, -0.1) is 0 Å². The number of carbonyl (C=O) groups excluding carboxylic acids is 2. The molecule has 0 aliphatic carbocycles. The van der Waals surface area contributed by atoms with Crippen molar-refractivity contribution < 1.29 is 18.7 Å². The third-order valence-electron chi connectivity index (χ3n) is 4.59. The molecule has 2 heterocycles. The molecule has 0 N–H and O–H groups in total. The van der Waals surface area contributed by atoms with Crippen LogP contribution < -0.4 is 0 Å². The van der Waals surface area contributed by atoms with E-state index in [1.54, 1.807) is 15.9 Å². The molecule has 0 bridgehead atoms. The van der Waals surface area contributed by atoms with Crippen LogP contribution in [0.15, 0.2) is 22.7 Å².